The van der Waals surface area contributed by atoms with Crippen molar-refractivity contribution in [2.45, 2.75) is 37.0 Å². The van der Waals surface area contributed by atoms with E-state index in [0.29, 0.717) is 18.7 Å². The molecule has 8 heteroatoms. The third kappa shape index (κ3) is 9.35. The van der Waals surface area contributed by atoms with Gasteiger partial charge in [-0.25, -0.2) is 13.1 Å². The van der Waals surface area contributed by atoms with Crippen LogP contribution in [0, 0.1) is 0 Å². The van der Waals surface area contributed by atoms with Gasteiger partial charge in [0.1, 0.15) is 0 Å². The molecule has 0 aliphatic heterocycles. The summed E-state index contributed by atoms with van der Waals surface area (Å²) in [5, 5.41) is 2.67. The van der Waals surface area contributed by atoms with Crippen LogP contribution in [0.4, 0.5) is 5.69 Å². The molecule has 0 saturated carbocycles. The smallest absolute Gasteiger partial charge is 0.306 e. The summed E-state index contributed by atoms with van der Waals surface area (Å²) in [4.78, 5) is 24.1. The Bertz CT molecular complexity index is 1180. The lowest BCUT2D eigenvalue weighted by atomic mass is 10.1. The largest absolute Gasteiger partial charge is 0.466 e. The SMILES string of the molecule is O=C(CCC(=O)OCCCc1ccccc1)Nc1ccc(S(=O)(=O)NCCc2ccccc2)cc1. The van der Waals surface area contributed by atoms with Crippen molar-refractivity contribution in [2.75, 3.05) is 18.5 Å². The summed E-state index contributed by atoms with van der Waals surface area (Å²) in [6, 6.07) is 25.5. The Kier molecular flexibility index (Phi) is 10.0. The van der Waals surface area contributed by atoms with Gasteiger partial charge in [0.2, 0.25) is 15.9 Å². The van der Waals surface area contributed by atoms with Gasteiger partial charge in [-0.1, -0.05) is 60.7 Å². The van der Waals surface area contributed by atoms with E-state index in [4.69, 9.17) is 4.74 Å². The molecule has 0 unspecified atom stereocenters. The van der Waals surface area contributed by atoms with Gasteiger partial charge in [0.05, 0.1) is 17.9 Å². The number of hydrogen-bond donors (Lipinski definition) is 2. The third-order valence-electron chi connectivity index (χ3n) is 5.27. The molecule has 1 amide bonds. The first-order valence-electron chi connectivity index (χ1n) is 11.6. The first kappa shape index (κ1) is 26.1. The molecule has 0 aromatic heterocycles. The number of benzene rings is 3. The maximum atomic E-state index is 12.5. The summed E-state index contributed by atoms with van der Waals surface area (Å²) in [6.45, 7) is 0.595. The predicted molar refractivity (Wildman–Crippen MR) is 135 cm³/mol. The molecule has 35 heavy (non-hydrogen) atoms. The van der Waals surface area contributed by atoms with E-state index in [1.54, 1.807) is 0 Å². The Morgan fingerprint density at radius 3 is 1.97 bits per heavy atom. The van der Waals surface area contributed by atoms with Gasteiger partial charge in [0.25, 0.3) is 0 Å². The number of ether oxygens (including phenoxy) is 1. The van der Waals surface area contributed by atoms with Crippen molar-refractivity contribution in [3.8, 4) is 0 Å². The van der Waals surface area contributed by atoms with Crippen LogP contribution in [-0.4, -0.2) is 33.4 Å². The molecule has 0 radical (unpaired) electrons. The highest BCUT2D eigenvalue weighted by molar-refractivity contribution is 7.89. The Balaban J connectivity index is 1.35. The molecule has 184 valence electrons. The molecular weight excluding hydrogens is 464 g/mol. The van der Waals surface area contributed by atoms with E-state index in [-0.39, 0.29) is 30.2 Å². The van der Waals surface area contributed by atoms with Gasteiger partial charge in [0, 0.05) is 18.7 Å². The number of esters is 1. The van der Waals surface area contributed by atoms with E-state index >= 15 is 0 Å². The van der Waals surface area contributed by atoms with Crippen LogP contribution in [0.5, 0.6) is 0 Å². The van der Waals surface area contributed by atoms with E-state index in [1.165, 1.54) is 29.8 Å². The summed E-state index contributed by atoms with van der Waals surface area (Å²) < 4.78 is 32.7. The number of rotatable bonds is 13. The molecule has 3 aromatic rings. The standard InChI is InChI=1S/C27H30N2O5S/c30-26(17-18-27(31)34-21-7-12-22-8-3-1-4-9-22)29-24-13-15-25(16-14-24)35(32,33)28-20-19-23-10-5-2-6-11-23/h1-6,8-11,13-16,28H,7,12,17-21H2,(H,29,30). The minimum atomic E-state index is -3.65. The molecular formula is C27H30N2O5S. The summed E-state index contributed by atoms with van der Waals surface area (Å²) in [7, 11) is -3.65. The summed E-state index contributed by atoms with van der Waals surface area (Å²) in [5.74, 6) is -0.765. The fourth-order valence-corrected chi connectivity index (χ4v) is 4.43. The fraction of sp³-hybridized carbons (Fsp3) is 0.259. The zero-order valence-electron chi connectivity index (χ0n) is 19.5. The topological polar surface area (TPSA) is 102 Å². The fourth-order valence-electron chi connectivity index (χ4n) is 3.39. The summed E-state index contributed by atoms with van der Waals surface area (Å²) in [6.07, 6.45) is 2.10. The van der Waals surface area contributed by atoms with Gasteiger partial charge in [0.15, 0.2) is 0 Å². The van der Waals surface area contributed by atoms with Crippen LogP contribution in [0.15, 0.2) is 89.8 Å². The highest BCUT2D eigenvalue weighted by atomic mass is 32.2. The van der Waals surface area contributed by atoms with Crippen molar-refractivity contribution in [1.29, 1.82) is 0 Å². The zero-order valence-corrected chi connectivity index (χ0v) is 20.3. The van der Waals surface area contributed by atoms with Gasteiger partial charge in [-0.3, -0.25) is 9.59 Å². The number of hydrogen-bond acceptors (Lipinski definition) is 5. The van der Waals surface area contributed by atoms with Crippen LogP contribution in [0.25, 0.3) is 0 Å². The lowest BCUT2D eigenvalue weighted by Gasteiger charge is -2.09. The second-order valence-electron chi connectivity index (χ2n) is 8.02. The number of amides is 1. The Hall–Kier alpha value is -3.49. The number of carbonyl (C=O) groups excluding carboxylic acids is 2. The van der Waals surface area contributed by atoms with Crippen LogP contribution in [0.3, 0.4) is 0 Å². The van der Waals surface area contributed by atoms with Crippen molar-refractivity contribution in [2.24, 2.45) is 0 Å². The molecule has 0 heterocycles. The molecule has 7 nitrogen and oxygen atoms in total. The highest BCUT2D eigenvalue weighted by Gasteiger charge is 2.14. The molecule has 0 fully saturated rings. The van der Waals surface area contributed by atoms with Crippen LogP contribution in [0.1, 0.15) is 30.4 Å². The minimum absolute atomic E-state index is 0.0153. The lowest BCUT2D eigenvalue weighted by Crippen LogP contribution is -2.26. The number of aryl methyl sites for hydroxylation is 1. The van der Waals surface area contributed by atoms with Gasteiger partial charge in [-0.15, -0.1) is 0 Å². The zero-order chi connectivity index (χ0) is 24.9. The first-order valence-corrected chi connectivity index (χ1v) is 13.0. The Morgan fingerprint density at radius 1 is 0.743 bits per heavy atom. The van der Waals surface area contributed by atoms with Crippen molar-refractivity contribution in [1.82, 2.24) is 4.72 Å². The molecule has 0 aliphatic rings. The Labute approximate surface area is 206 Å². The van der Waals surface area contributed by atoms with Gasteiger partial charge in [-0.05, 0) is 54.7 Å². The Morgan fingerprint density at radius 2 is 1.34 bits per heavy atom. The summed E-state index contributed by atoms with van der Waals surface area (Å²) >= 11 is 0. The molecule has 0 bridgehead atoms. The summed E-state index contributed by atoms with van der Waals surface area (Å²) in [5.41, 5.74) is 2.68. The average Bonchev–Trinajstić information content (AvgIpc) is 2.87. The van der Waals surface area contributed by atoms with Crippen molar-refractivity contribution in [3.63, 3.8) is 0 Å². The van der Waals surface area contributed by atoms with E-state index < -0.39 is 16.0 Å². The van der Waals surface area contributed by atoms with Gasteiger partial charge in [-0.2, -0.15) is 0 Å². The molecule has 0 aliphatic carbocycles. The molecule has 0 spiro atoms. The normalized spacial score (nSPS) is 11.1. The number of nitrogens with one attached hydrogen (secondary N) is 2. The molecule has 2 N–H and O–H groups in total. The predicted octanol–water partition coefficient (Wildman–Crippen LogP) is 4.10. The molecule has 0 saturated heterocycles. The van der Waals surface area contributed by atoms with E-state index in [9.17, 15) is 18.0 Å². The van der Waals surface area contributed by atoms with Crippen LogP contribution in [0.2, 0.25) is 0 Å². The lowest BCUT2D eigenvalue weighted by molar-refractivity contribution is -0.144. The minimum Gasteiger partial charge on any atom is -0.466 e. The van der Waals surface area contributed by atoms with Crippen molar-refractivity contribution < 1.29 is 22.7 Å². The molecule has 3 rings (SSSR count). The number of anilines is 1. The van der Waals surface area contributed by atoms with Crippen LogP contribution in [-0.2, 0) is 37.2 Å². The average molecular weight is 495 g/mol. The van der Waals surface area contributed by atoms with Crippen LogP contribution < -0.4 is 10.0 Å². The third-order valence-corrected chi connectivity index (χ3v) is 6.75. The second-order valence-corrected chi connectivity index (χ2v) is 9.78. The maximum absolute atomic E-state index is 12.5. The monoisotopic (exact) mass is 494 g/mol. The van der Waals surface area contributed by atoms with E-state index in [0.717, 1.165) is 18.4 Å². The van der Waals surface area contributed by atoms with Crippen LogP contribution >= 0.6 is 0 Å². The second kappa shape index (κ2) is 13.4. The van der Waals surface area contributed by atoms with Crippen molar-refractivity contribution in [3.05, 3.63) is 96.1 Å². The number of sulfonamides is 1. The van der Waals surface area contributed by atoms with Crippen molar-refractivity contribution >= 4 is 27.6 Å². The van der Waals surface area contributed by atoms with Gasteiger partial charge >= 0.3 is 5.97 Å². The number of carbonyl (C=O) groups is 2. The maximum Gasteiger partial charge on any atom is 0.306 e. The van der Waals surface area contributed by atoms with Gasteiger partial charge < -0.3 is 10.1 Å². The quantitative estimate of drug-likeness (QED) is 0.275. The molecule has 0 atom stereocenters. The highest BCUT2D eigenvalue weighted by Crippen LogP contribution is 2.15. The van der Waals surface area contributed by atoms with E-state index in [1.807, 2.05) is 60.7 Å². The van der Waals surface area contributed by atoms with E-state index in [2.05, 4.69) is 10.0 Å². The molecule has 3 aromatic carbocycles. The first-order chi connectivity index (χ1) is 16.9.